The van der Waals surface area contributed by atoms with Crippen LogP contribution in [0.25, 0.3) is 10.6 Å². The summed E-state index contributed by atoms with van der Waals surface area (Å²) in [4.78, 5) is 0. The molecule has 18 heavy (non-hydrogen) atoms. The SMILES string of the molecule is CC(C)(C)p1cccc1-c1cccp1C(C)(C)C. The van der Waals surface area contributed by atoms with E-state index in [1.165, 1.54) is 0 Å². The summed E-state index contributed by atoms with van der Waals surface area (Å²) >= 11 is 0. The molecular weight excluding hydrogens is 254 g/mol. The van der Waals surface area contributed by atoms with Crippen LogP contribution in [0.5, 0.6) is 0 Å². The van der Waals surface area contributed by atoms with Crippen LogP contribution in [0.2, 0.25) is 0 Å². The molecule has 2 aromatic rings. The first kappa shape index (κ1) is 14.0. The third-order valence-corrected chi connectivity index (χ3v) is 9.03. The molecule has 0 fully saturated rings. The summed E-state index contributed by atoms with van der Waals surface area (Å²) in [5.74, 6) is 4.86. The topological polar surface area (TPSA) is 0 Å². The summed E-state index contributed by atoms with van der Waals surface area (Å²) in [7, 11) is -0.292. The Morgan fingerprint density at radius 1 is 0.667 bits per heavy atom. The molecule has 0 bridgehead atoms. The maximum Gasteiger partial charge on any atom is 0.00565 e. The predicted octanol–water partition coefficient (Wildman–Crippen LogP) is 6.84. The molecule has 0 aromatic carbocycles. The molecule has 0 nitrogen and oxygen atoms in total. The van der Waals surface area contributed by atoms with Gasteiger partial charge in [-0.3, -0.25) is 0 Å². The van der Waals surface area contributed by atoms with E-state index in [1.807, 2.05) is 0 Å². The zero-order valence-electron chi connectivity index (χ0n) is 12.4. The first-order valence-electron chi connectivity index (χ1n) is 6.57. The van der Waals surface area contributed by atoms with Crippen molar-refractivity contribution in [3.8, 4) is 10.6 Å². The highest BCUT2D eigenvalue weighted by atomic mass is 31.1. The molecule has 2 heterocycles. The van der Waals surface area contributed by atoms with Gasteiger partial charge in [0.1, 0.15) is 0 Å². The van der Waals surface area contributed by atoms with Gasteiger partial charge >= 0.3 is 0 Å². The van der Waals surface area contributed by atoms with E-state index in [-0.39, 0.29) is 15.1 Å². The van der Waals surface area contributed by atoms with Gasteiger partial charge in [0.05, 0.1) is 0 Å². The fraction of sp³-hybridized carbons (Fsp3) is 0.500. The molecular formula is C16H24P2. The van der Waals surface area contributed by atoms with Crippen molar-refractivity contribution < 1.29 is 0 Å². The molecule has 0 N–H and O–H groups in total. The highest BCUT2D eigenvalue weighted by Crippen LogP contribution is 2.60. The Morgan fingerprint density at radius 2 is 1.00 bits per heavy atom. The van der Waals surface area contributed by atoms with Crippen LogP contribution in [0.4, 0.5) is 0 Å². The zero-order chi connectivity index (χ0) is 13.6. The van der Waals surface area contributed by atoms with Crippen molar-refractivity contribution >= 4 is 15.1 Å². The Morgan fingerprint density at radius 3 is 1.28 bits per heavy atom. The van der Waals surface area contributed by atoms with Gasteiger partial charge in [-0.15, -0.1) is 15.1 Å². The quantitative estimate of drug-likeness (QED) is 0.536. The first-order valence-corrected chi connectivity index (χ1v) is 9.39. The standard InChI is InChI=1S/C16H24P2/c1-15(2,3)17-11-7-9-13(17)14-10-8-12-18(14)16(4,5)6/h7-12H,1-6H3. The molecule has 2 atom stereocenters. The van der Waals surface area contributed by atoms with Crippen molar-refractivity contribution in [2.24, 2.45) is 0 Å². The summed E-state index contributed by atoms with van der Waals surface area (Å²) in [6, 6.07) is 9.25. The van der Waals surface area contributed by atoms with Crippen molar-refractivity contribution in [3.05, 3.63) is 35.9 Å². The normalized spacial score (nSPS) is 15.0. The summed E-state index contributed by atoms with van der Waals surface area (Å²) in [6.07, 6.45) is 0. The molecule has 2 aromatic heterocycles. The summed E-state index contributed by atoms with van der Waals surface area (Å²) < 4.78 is 0. The summed E-state index contributed by atoms with van der Waals surface area (Å²) in [6.45, 7) is 14.2. The van der Waals surface area contributed by atoms with E-state index in [2.05, 4.69) is 77.4 Å². The highest BCUT2D eigenvalue weighted by molar-refractivity contribution is 7.58. The molecule has 0 amide bonds. The van der Waals surface area contributed by atoms with Gasteiger partial charge in [0, 0.05) is 20.9 Å². The number of hydrogen-bond acceptors (Lipinski definition) is 0. The van der Waals surface area contributed by atoms with Crippen molar-refractivity contribution in [1.29, 1.82) is 0 Å². The third-order valence-electron chi connectivity index (χ3n) is 3.21. The van der Waals surface area contributed by atoms with E-state index >= 15 is 0 Å². The molecule has 2 unspecified atom stereocenters. The third kappa shape index (κ3) is 2.61. The van der Waals surface area contributed by atoms with E-state index in [0.29, 0.717) is 10.3 Å². The van der Waals surface area contributed by atoms with E-state index in [4.69, 9.17) is 0 Å². The van der Waals surface area contributed by atoms with Crippen molar-refractivity contribution in [1.82, 2.24) is 0 Å². The predicted molar refractivity (Wildman–Crippen MR) is 87.3 cm³/mol. The largest absolute Gasteiger partial charge is 0.111 e. The van der Waals surface area contributed by atoms with Crippen molar-refractivity contribution in [2.45, 2.75) is 51.9 Å². The minimum atomic E-state index is -0.146. The van der Waals surface area contributed by atoms with Crippen LogP contribution in [0.1, 0.15) is 41.5 Å². The first-order chi connectivity index (χ1) is 8.21. The van der Waals surface area contributed by atoms with Crippen molar-refractivity contribution in [3.63, 3.8) is 0 Å². The lowest BCUT2D eigenvalue weighted by Gasteiger charge is -2.25. The molecule has 2 rings (SSSR count). The van der Waals surface area contributed by atoms with Crippen LogP contribution in [-0.4, -0.2) is 0 Å². The second-order valence-corrected chi connectivity index (χ2v) is 12.6. The number of hydrogen-bond donors (Lipinski definition) is 0. The van der Waals surface area contributed by atoms with Crippen LogP contribution in [0.15, 0.2) is 35.9 Å². The fourth-order valence-electron chi connectivity index (χ4n) is 2.35. The van der Waals surface area contributed by atoms with Crippen molar-refractivity contribution in [2.75, 3.05) is 0 Å². The van der Waals surface area contributed by atoms with Gasteiger partial charge < -0.3 is 0 Å². The highest BCUT2D eigenvalue weighted by Gasteiger charge is 2.23. The second kappa shape index (κ2) is 4.59. The Hall–Kier alpha value is -0.440. The Balaban J connectivity index is 2.58. The van der Waals surface area contributed by atoms with E-state index in [1.54, 1.807) is 10.6 Å². The van der Waals surface area contributed by atoms with Crippen LogP contribution in [0, 0.1) is 0 Å². The zero-order valence-corrected chi connectivity index (χ0v) is 14.1. The lowest BCUT2D eigenvalue weighted by atomic mass is 10.3. The van der Waals surface area contributed by atoms with Crippen LogP contribution in [0.3, 0.4) is 0 Å². The summed E-state index contributed by atoms with van der Waals surface area (Å²) in [5.41, 5.74) is 0. The van der Waals surface area contributed by atoms with Crippen LogP contribution >= 0.6 is 15.1 Å². The molecule has 0 aliphatic heterocycles. The minimum absolute atomic E-state index is 0.146. The minimum Gasteiger partial charge on any atom is -0.111 e. The average Bonchev–Trinajstić information content (AvgIpc) is 2.83. The van der Waals surface area contributed by atoms with E-state index in [0.717, 1.165) is 0 Å². The number of rotatable bonds is 1. The molecule has 0 spiro atoms. The Bertz CT molecular complexity index is 480. The molecule has 0 radical (unpaired) electrons. The van der Waals surface area contributed by atoms with Gasteiger partial charge in [0.2, 0.25) is 0 Å². The van der Waals surface area contributed by atoms with Crippen LogP contribution < -0.4 is 0 Å². The molecule has 0 aliphatic carbocycles. The molecule has 0 saturated carbocycles. The lowest BCUT2D eigenvalue weighted by molar-refractivity contribution is 0.718. The average molecular weight is 278 g/mol. The lowest BCUT2D eigenvalue weighted by Crippen LogP contribution is -2.01. The molecule has 0 saturated heterocycles. The van der Waals surface area contributed by atoms with Gasteiger partial charge in [-0.1, -0.05) is 53.7 Å². The van der Waals surface area contributed by atoms with E-state index in [9.17, 15) is 0 Å². The van der Waals surface area contributed by atoms with Gasteiger partial charge in [0.25, 0.3) is 0 Å². The Kier molecular flexibility index (Phi) is 3.56. The van der Waals surface area contributed by atoms with Gasteiger partial charge in [-0.25, -0.2) is 0 Å². The maximum absolute atomic E-state index is 2.43. The van der Waals surface area contributed by atoms with Gasteiger partial charge in [0.15, 0.2) is 0 Å². The molecule has 0 aliphatic rings. The monoisotopic (exact) mass is 278 g/mol. The smallest absolute Gasteiger partial charge is 0.00565 e. The fourth-order valence-corrected chi connectivity index (χ4v) is 7.31. The maximum atomic E-state index is 2.43. The Labute approximate surface area is 114 Å². The van der Waals surface area contributed by atoms with Gasteiger partial charge in [-0.05, 0) is 23.7 Å². The van der Waals surface area contributed by atoms with E-state index < -0.39 is 0 Å². The summed E-state index contributed by atoms with van der Waals surface area (Å²) in [5, 5.41) is 3.97. The molecule has 2 heteroatoms. The second-order valence-electron chi connectivity index (χ2n) is 6.87. The van der Waals surface area contributed by atoms with Crippen LogP contribution in [-0.2, 0) is 10.3 Å². The molecule has 98 valence electrons. The van der Waals surface area contributed by atoms with Gasteiger partial charge in [-0.2, -0.15) is 0 Å².